The van der Waals surface area contributed by atoms with Crippen LogP contribution in [0.2, 0.25) is 0 Å². The van der Waals surface area contributed by atoms with E-state index in [-0.39, 0.29) is 29.7 Å². The Bertz CT molecular complexity index is 664. The highest BCUT2D eigenvalue weighted by atomic mass is 16.5. The molecule has 2 fully saturated rings. The largest absolute Gasteiger partial charge is 0.497 e. The number of carbonyl (C=O) groups excluding carboxylic acids is 2. The molecule has 1 atom stereocenters. The van der Waals surface area contributed by atoms with Crippen molar-refractivity contribution in [3.8, 4) is 11.5 Å². The monoisotopic (exact) mass is 360 g/mol. The van der Waals surface area contributed by atoms with Gasteiger partial charge in [-0.2, -0.15) is 0 Å². The number of piperidine rings is 1. The molecule has 26 heavy (non-hydrogen) atoms. The third kappa shape index (κ3) is 4.11. The lowest BCUT2D eigenvalue weighted by Gasteiger charge is -2.32. The first-order valence-electron chi connectivity index (χ1n) is 9.34. The topological polar surface area (TPSA) is 67.9 Å². The summed E-state index contributed by atoms with van der Waals surface area (Å²) in [7, 11) is 3.22. The molecule has 1 heterocycles. The van der Waals surface area contributed by atoms with Crippen molar-refractivity contribution < 1.29 is 19.1 Å². The molecular weight excluding hydrogens is 332 g/mol. The zero-order valence-electron chi connectivity index (χ0n) is 15.8. The molecule has 1 aliphatic carbocycles. The number of methoxy groups -OCH3 is 2. The van der Waals surface area contributed by atoms with Gasteiger partial charge in [0.15, 0.2) is 0 Å². The van der Waals surface area contributed by atoms with Crippen LogP contribution in [0, 0.1) is 11.8 Å². The van der Waals surface area contributed by atoms with E-state index in [1.807, 2.05) is 30.0 Å². The molecule has 0 bridgehead atoms. The van der Waals surface area contributed by atoms with Crippen molar-refractivity contribution in [2.75, 3.05) is 27.3 Å². The minimum absolute atomic E-state index is 0.0371. The number of rotatable bonds is 6. The number of nitrogens with zero attached hydrogens (tertiary/aromatic N) is 1. The Hall–Kier alpha value is -2.24. The molecule has 6 nitrogen and oxygen atoms in total. The fourth-order valence-electron chi connectivity index (χ4n) is 3.54. The molecule has 1 saturated carbocycles. The Morgan fingerprint density at radius 2 is 1.77 bits per heavy atom. The van der Waals surface area contributed by atoms with Crippen LogP contribution in [-0.2, 0) is 9.59 Å². The maximum atomic E-state index is 12.6. The Labute approximate surface area is 154 Å². The molecule has 3 rings (SSSR count). The first-order chi connectivity index (χ1) is 12.5. The summed E-state index contributed by atoms with van der Waals surface area (Å²) in [5, 5.41) is 3.09. The lowest BCUT2D eigenvalue weighted by Crippen LogP contribution is -2.44. The average molecular weight is 360 g/mol. The van der Waals surface area contributed by atoms with E-state index >= 15 is 0 Å². The van der Waals surface area contributed by atoms with E-state index in [0.29, 0.717) is 18.8 Å². The number of amides is 2. The number of benzene rings is 1. The molecular formula is C20H28N2O4. The fourth-order valence-corrected chi connectivity index (χ4v) is 3.54. The molecule has 0 radical (unpaired) electrons. The maximum Gasteiger partial charge on any atom is 0.225 e. The van der Waals surface area contributed by atoms with Gasteiger partial charge >= 0.3 is 0 Å². The Morgan fingerprint density at radius 3 is 2.35 bits per heavy atom. The van der Waals surface area contributed by atoms with Gasteiger partial charge in [-0.05, 0) is 44.7 Å². The Morgan fingerprint density at radius 1 is 1.08 bits per heavy atom. The third-order valence-corrected chi connectivity index (χ3v) is 5.37. The molecule has 1 aromatic carbocycles. The van der Waals surface area contributed by atoms with E-state index < -0.39 is 0 Å². The predicted octanol–water partition coefficient (Wildman–Crippen LogP) is 2.53. The minimum atomic E-state index is -0.158. The Balaban J connectivity index is 1.55. The summed E-state index contributed by atoms with van der Waals surface area (Å²) in [6.07, 6.45) is 3.52. The van der Waals surface area contributed by atoms with Gasteiger partial charge in [-0.3, -0.25) is 9.59 Å². The van der Waals surface area contributed by atoms with Crippen LogP contribution in [0.4, 0.5) is 0 Å². The van der Waals surface area contributed by atoms with E-state index in [1.54, 1.807) is 14.2 Å². The predicted molar refractivity (Wildman–Crippen MR) is 98.1 cm³/mol. The van der Waals surface area contributed by atoms with Gasteiger partial charge in [0, 0.05) is 36.6 Å². The van der Waals surface area contributed by atoms with Crippen LogP contribution in [0.5, 0.6) is 11.5 Å². The number of hydrogen-bond acceptors (Lipinski definition) is 4. The molecule has 142 valence electrons. The number of ether oxygens (including phenoxy) is 2. The van der Waals surface area contributed by atoms with E-state index in [9.17, 15) is 9.59 Å². The van der Waals surface area contributed by atoms with Gasteiger partial charge < -0.3 is 19.7 Å². The number of hydrogen-bond donors (Lipinski definition) is 1. The standard InChI is InChI=1S/C20H28N2O4/c1-13(17-7-6-16(25-2)12-18(17)26-3)21-19(23)14-8-10-22(11-9-14)20(24)15-4-5-15/h6-7,12-15H,4-5,8-11H2,1-3H3,(H,21,23). The van der Waals surface area contributed by atoms with E-state index in [1.165, 1.54) is 0 Å². The van der Waals surface area contributed by atoms with Gasteiger partial charge in [-0.1, -0.05) is 0 Å². The van der Waals surface area contributed by atoms with Crippen LogP contribution < -0.4 is 14.8 Å². The van der Waals surface area contributed by atoms with Crippen molar-refractivity contribution >= 4 is 11.8 Å². The van der Waals surface area contributed by atoms with Crippen molar-refractivity contribution in [3.63, 3.8) is 0 Å². The van der Waals surface area contributed by atoms with Gasteiger partial charge in [-0.25, -0.2) is 0 Å². The lowest BCUT2D eigenvalue weighted by molar-refractivity contribution is -0.136. The second kappa shape index (κ2) is 7.98. The zero-order valence-corrected chi connectivity index (χ0v) is 15.8. The van der Waals surface area contributed by atoms with E-state index in [2.05, 4.69) is 5.32 Å². The van der Waals surface area contributed by atoms with Crippen LogP contribution >= 0.6 is 0 Å². The van der Waals surface area contributed by atoms with Crippen LogP contribution in [0.15, 0.2) is 18.2 Å². The van der Waals surface area contributed by atoms with Gasteiger partial charge in [0.25, 0.3) is 0 Å². The van der Waals surface area contributed by atoms with Gasteiger partial charge in [-0.15, -0.1) is 0 Å². The van der Waals surface area contributed by atoms with Crippen LogP contribution in [0.1, 0.15) is 44.2 Å². The molecule has 1 unspecified atom stereocenters. The van der Waals surface area contributed by atoms with E-state index in [4.69, 9.17) is 9.47 Å². The quantitative estimate of drug-likeness (QED) is 0.846. The molecule has 0 aromatic heterocycles. The minimum Gasteiger partial charge on any atom is -0.497 e. The molecule has 1 N–H and O–H groups in total. The van der Waals surface area contributed by atoms with Gasteiger partial charge in [0.05, 0.1) is 20.3 Å². The van der Waals surface area contributed by atoms with Gasteiger partial charge in [0.1, 0.15) is 11.5 Å². The smallest absolute Gasteiger partial charge is 0.225 e. The van der Waals surface area contributed by atoms with Gasteiger partial charge in [0.2, 0.25) is 11.8 Å². The second-order valence-corrected chi connectivity index (χ2v) is 7.21. The van der Waals surface area contributed by atoms with E-state index in [0.717, 1.165) is 37.0 Å². The molecule has 6 heteroatoms. The number of likely N-dealkylation sites (tertiary alicyclic amines) is 1. The highest BCUT2D eigenvalue weighted by Crippen LogP contribution is 2.33. The summed E-state index contributed by atoms with van der Waals surface area (Å²) < 4.78 is 10.6. The summed E-state index contributed by atoms with van der Waals surface area (Å²) in [5.74, 6) is 1.96. The molecule has 1 aliphatic heterocycles. The van der Waals surface area contributed by atoms with Crippen LogP contribution in [0.25, 0.3) is 0 Å². The summed E-state index contributed by atoms with van der Waals surface area (Å²) >= 11 is 0. The first-order valence-corrected chi connectivity index (χ1v) is 9.34. The number of nitrogens with one attached hydrogen (secondary N) is 1. The highest BCUT2D eigenvalue weighted by Gasteiger charge is 2.36. The maximum absolute atomic E-state index is 12.6. The van der Waals surface area contributed by atoms with Crippen molar-refractivity contribution in [2.45, 2.75) is 38.6 Å². The highest BCUT2D eigenvalue weighted by molar-refractivity contribution is 5.82. The fraction of sp³-hybridized carbons (Fsp3) is 0.600. The molecule has 1 aromatic rings. The second-order valence-electron chi connectivity index (χ2n) is 7.21. The zero-order chi connectivity index (χ0) is 18.7. The summed E-state index contributed by atoms with van der Waals surface area (Å²) in [6, 6.07) is 5.44. The van der Waals surface area contributed by atoms with Crippen molar-refractivity contribution in [3.05, 3.63) is 23.8 Å². The van der Waals surface area contributed by atoms with Crippen molar-refractivity contribution in [1.82, 2.24) is 10.2 Å². The van der Waals surface area contributed by atoms with Crippen molar-refractivity contribution in [1.29, 1.82) is 0 Å². The summed E-state index contributed by atoms with van der Waals surface area (Å²) in [5.41, 5.74) is 0.919. The van der Waals surface area contributed by atoms with Crippen molar-refractivity contribution in [2.24, 2.45) is 11.8 Å². The third-order valence-electron chi connectivity index (χ3n) is 5.37. The molecule has 0 spiro atoms. The normalized spacial score (nSPS) is 19.0. The molecule has 2 amide bonds. The average Bonchev–Trinajstić information content (AvgIpc) is 3.52. The first kappa shape index (κ1) is 18.5. The molecule has 1 saturated heterocycles. The Kier molecular flexibility index (Phi) is 5.69. The lowest BCUT2D eigenvalue weighted by atomic mass is 9.94. The van der Waals surface area contributed by atoms with Crippen LogP contribution in [-0.4, -0.2) is 44.0 Å². The SMILES string of the molecule is COc1ccc(C(C)NC(=O)C2CCN(C(=O)C3CC3)CC2)c(OC)c1. The molecule has 2 aliphatic rings. The van der Waals surface area contributed by atoms with Crippen LogP contribution in [0.3, 0.4) is 0 Å². The summed E-state index contributed by atoms with van der Waals surface area (Å²) in [6.45, 7) is 3.33. The summed E-state index contributed by atoms with van der Waals surface area (Å²) in [4.78, 5) is 26.7. The number of carbonyl (C=O) groups is 2.